The molecule has 0 saturated carbocycles. The molecule has 64 valence electrons. The van der Waals surface area contributed by atoms with Crippen LogP contribution >= 0.6 is 0 Å². The van der Waals surface area contributed by atoms with Crippen molar-refractivity contribution in [3.05, 3.63) is 0 Å². The number of hydrogen-bond acceptors (Lipinski definition) is 3. The van der Waals surface area contributed by atoms with Crippen molar-refractivity contribution >= 4 is 5.97 Å². The second kappa shape index (κ2) is 3.72. The zero-order valence-corrected chi connectivity index (χ0v) is 7.00. The van der Waals surface area contributed by atoms with Crippen molar-refractivity contribution in [2.24, 2.45) is 0 Å². The predicted molar refractivity (Wildman–Crippen MR) is 40.2 cm³/mol. The molecule has 3 nitrogen and oxygen atoms in total. The van der Waals surface area contributed by atoms with E-state index in [-0.39, 0.29) is 5.97 Å². The second-order valence-electron chi connectivity index (χ2n) is 2.74. The molecule has 1 heterocycles. The number of ether oxygens (including phenoxy) is 2. The summed E-state index contributed by atoms with van der Waals surface area (Å²) in [6.45, 7) is 2.09. The number of esters is 1. The Hall–Kier alpha value is -0.570. The van der Waals surface area contributed by atoms with Gasteiger partial charge in [0.25, 0.3) is 0 Å². The third-order valence-electron chi connectivity index (χ3n) is 1.95. The van der Waals surface area contributed by atoms with Gasteiger partial charge >= 0.3 is 5.97 Å². The molecular formula is C8H14O3. The van der Waals surface area contributed by atoms with E-state index in [4.69, 9.17) is 4.74 Å². The lowest BCUT2D eigenvalue weighted by Gasteiger charge is -1.94. The summed E-state index contributed by atoms with van der Waals surface area (Å²) in [5.41, 5.74) is 0. The van der Waals surface area contributed by atoms with Crippen molar-refractivity contribution in [1.29, 1.82) is 0 Å². The van der Waals surface area contributed by atoms with Gasteiger partial charge in [-0.3, -0.25) is 4.79 Å². The van der Waals surface area contributed by atoms with Crippen LogP contribution in [-0.4, -0.2) is 25.3 Å². The highest BCUT2D eigenvalue weighted by molar-refractivity contribution is 5.69. The molecule has 1 aliphatic rings. The fourth-order valence-corrected chi connectivity index (χ4v) is 1.15. The standard InChI is InChI=1S/C8H14O3/c1-3-6-7(11-6)4-5-8(9)10-2/h6-7H,3-5H2,1-2H3/t6-,7+/m0/s1. The van der Waals surface area contributed by atoms with Crippen molar-refractivity contribution in [3.8, 4) is 0 Å². The summed E-state index contributed by atoms with van der Waals surface area (Å²) >= 11 is 0. The van der Waals surface area contributed by atoms with Gasteiger partial charge in [-0.15, -0.1) is 0 Å². The van der Waals surface area contributed by atoms with Crippen LogP contribution in [0.1, 0.15) is 26.2 Å². The molecule has 2 atom stereocenters. The lowest BCUT2D eigenvalue weighted by molar-refractivity contribution is -0.140. The van der Waals surface area contributed by atoms with Crippen LogP contribution < -0.4 is 0 Å². The first-order valence-corrected chi connectivity index (χ1v) is 4.00. The number of methoxy groups -OCH3 is 1. The quantitative estimate of drug-likeness (QED) is 0.454. The summed E-state index contributed by atoms with van der Waals surface area (Å²) < 4.78 is 9.76. The average molecular weight is 158 g/mol. The summed E-state index contributed by atoms with van der Waals surface area (Å²) in [6, 6.07) is 0. The predicted octanol–water partition coefficient (Wildman–Crippen LogP) is 1.12. The van der Waals surface area contributed by atoms with E-state index in [0.29, 0.717) is 18.6 Å². The number of rotatable bonds is 4. The molecule has 11 heavy (non-hydrogen) atoms. The second-order valence-corrected chi connectivity index (χ2v) is 2.74. The molecule has 1 fully saturated rings. The molecule has 0 spiro atoms. The summed E-state index contributed by atoms with van der Waals surface area (Å²) in [7, 11) is 1.41. The van der Waals surface area contributed by atoms with Gasteiger partial charge in [0.2, 0.25) is 0 Å². The third-order valence-corrected chi connectivity index (χ3v) is 1.95. The minimum atomic E-state index is -0.143. The molecule has 0 N–H and O–H groups in total. The van der Waals surface area contributed by atoms with E-state index in [1.807, 2.05) is 0 Å². The van der Waals surface area contributed by atoms with Crippen LogP contribution in [-0.2, 0) is 14.3 Å². The summed E-state index contributed by atoms with van der Waals surface area (Å²) in [5, 5.41) is 0. The van der Waals surface area contributed by atoms with Crippen LogP contribution in [0.3, 0.4) is 0 Å². The molecule has 0 bridgehead atoms. The Balaban J connectivity index is 2.01. The Morgan fingerprint density at radius 3 is 2.73 bits per heavy atom. The lowest BCUT2D eigenvalue weighted by atomic mass is 10.2. The number of carbonyl (C=O) groups is 1. The van der Waals surface area contributed by atoms with Crippen molar-refractivity contribution in [1.82, 2.24) is 0 Å². The first kappa shape index (κ1) is 8.53. The maximum atomic E-state index is 10.7. The average Bonchev–Trinajstić information content (AvgIpc) is 2.78. The molecule has 0 aliphatic carbocycles. The monoisotopic (exact) mass is 158 g/mol. The Morgan fingerprint density at radius 1 is 1.55 bits per heavy atom. The highest BCUT2D eigenvalue weighted by atomic mass is 16.6. The summed E-state index contributed by atoms with van der Waals surface area (Å²) in [5.74, 6) is -0.143. The van der Waals surface area contributed by atoms with Gasteiger partial charge in [0.05, 0.1) is 19.3 Å². The van der Waals surface area contributed by atoms with Gasteiger partial charge < -0.3 is 9.47 Å². The highest BCUT2D eigenvalue weighted by Crippen LogP contribution is 2.28. The highest BCUT2D eigenvalue weighted by Gasteiger charge is 2.36. The van der Waals surface area contributed by atoms with Gasteiger partial charge in [-0.05, 0) is 12.8 Å². The normalized spacial score (nSPS) is 28.2. The van der Waals surface area contributed by atoms with Gasteiger partial charge in [0.1, 0.15) is 0 Å². The van der Waals surface area contributed by atoms with Gasteiger partial charge in [0, 0.05) is 6.42 Å². The number of carbonyl (C=O) groups excluding carboxylic acids is 1. The first-order valence-electron chi connectivity index (χ1n) is 4.00. The van der Waals surface area contributed by atoms with E-state index >= 15 is 0 Å². The topological polar surface area (TPSA) is 38.8 Å². The molecular weight excluding hydrogens is 144 g/mol. The molecule has 0 aromatic rings. The lowest BCUT2D eigenvalue weighted by Crippen LogP contribution is -2.02. The van der Waals surface area contributed by atoms with Crippen LogP contribution in [0.5, 0.6) is 0 Å². The maximum absolute atomic E-state index is 10.7. The molecule has 0 aromatic heterocycles. The fourth-order valence-electron chi connectivity index (χ4n) is 1.15. The molecule has 1 saturated heterocycles. The zero-order valence-electron chi connectivity index (χ0n) is 7.00. The van der Waals surface area contributed by atoms with Gasteiger partial charge in [-0.1, -0.05) is 6.92 Å². The Bertz CT molecular complexity index is 144. The first-order chi connectivity index (χ1) is 5.27. The van der Waals surface area contributed by atoms with Crippen molar-refractivity contribution in [3.63, 3.8) is 0 Å². The maximum Gasteiger partial charge on any atom is 0.305 e. The van der Waals surface area contributed by atoms with Crippen LogP contribution in [0.15, 0.2) is 0 Å². The molecule has 1 aliphatic heterocycles. The van der Waals surface area contributed by atoms with Gasteiger partial charge in [-0.25, -0.2) is 0 Å². The van der Waals surface area contributed by atoms with Crippen molar-refractivity contribution in [2.75, 3.05) is 7.11 Å². The van der Waals surface area contributed by atoms with Crippen molar-refractivity contribution < 1.29 is 14.3 Å². The number of hydrogen-bond donors (Lipinski definition) is 0. The van der Waals surface area contributed by atoms with E-state index in [9.17, 15) is 4.79 Å². The molecule has 0 aromatic carbocycles. The molecule has 0 amide bonds. The van der Waals surface area contributed by atoms with Crippen LogP contribution in [0.4, 0.5) is 0 Å². The molecule has 0 radical (unpaired) electrons. The van der Waals surface area contributed by atoms with Gasteiger partial charge in [0.15, 0.2) is 0 Å². The van der Waals surface area contributed by atoms with Gasteiger partial charge in [-0.2, -0.15) is 0 Å². The van der Waals surface area contributed by atoms with Crippen LogP contribution in [0.25, 0.3) is 0 Å². The smallest absolute Gasteiger partial charge is 0.305 e. The molecule has 0 unspecified atom stereocenters. The summed E-state index contributed by atoms with van der Waals surface area (Å²) in [6.07, 6.45) is 3.06. The van der Waals surface area contributed by atoms with Crippen LogP contribution in [0.2, 0.25) is 0 Å². The van der Waals surface area contributed by atoms with E-state index in [1.54, 1.807) is 0 Å². The Morgan fingerprint density at radius 2 is 2.27 bits per heavy atom. The fraction of sp³-hybridized carbons (Fsp3) is 0.875. The van der Waals surface area contributed by atoms with E-state index < -0.39 is 0 Å². The van der Waals surface area contributed by atoms with Crippen molar-refractivity contribution in [2.45, 2.75) is 38.4 Å². The van der Waals surface area contributed by atoms with E-state index in [1.165, 1.54) is 7.11 Å². The Labute approximate surface area is 66.7 Å². The zero-order chi connectivity index (χ0) is 8.27. The summed E-state index contributed by atoms with van der Waals surface area (Å²) in [4.78, 5) is 10.7. The minimum absolute atomic E-state index is 0.143. The van der Waals surface area contributed by atoms with Crippen LogP contribution in [0, 0.1) is 0 Å². The SMILES string of the molecule is CC[C@@H]1O[C@@H]1CCC(=O)OC. The van der Waals surface area contributed by atoms with E-state index in [2.05, 4.69) is 11.7 Å². The molecule has 3 heteroatoms. The van der Waals surface area contributed by atoms with E-state index in [0.717, 1.165) is 12.8 Å². The Kier molecular flexibility index (Phi) is 2.88. The largest absolute Gasteiger partial charge is 0.469 e. The molecule has 1 rings (SSSR count). The number of epoxide rings is 1. The third kappa shape index (κ3) is 2.50. The minimum Gasteiger partial charge on any atom is -0.469 e.